The molecule has 27 heavy (non-hydrogen) atoms. The number of hydrogen-bond acceptors (Lipinski definition) is 2. The fourth-order valence-corrected chi connectivity index (χ4v) is 3.65. The molecule has 138 valence electrons. The summed E-state index contributed by atoms with van der Waals surface area (Å²) in [6.07, 6.45) is 0.739. The van der Waals surface area contributed by atoms with E-state index < -0.39 is 11.9 Å². The van der Waals surface area contributed by atoms with Crippen LogP contribution in [0.1, 0.15) is 17.2 Å². The molecule has 1 N–H and O–H groups in total. The zero-order valence-corrected chi connectivity index (χ0v) is 15.0. The molecule has 1 atom stereocenters. The second-order valence-corrected chi connectivity index (χ2v) is 6.82. The molecule has 0 saturated heterocycles. The highest BCUT2D eigenvalue weighted by molar-refractivity contribution is 6.01. The van der Waals surface area contributed by atoms with Crippen molar-refractivity contribution in [2.24, 2.45) is 0 Å². The zero-order chi connectivity index (χ0) is 19.0. The van der Waals surface area contributed by atoms with Crippen molar-refractivity contribution in [3.8, 4) is 0 Å². The largest absolute Gasteiger partial charge is 0.333 e. The summed E-state index contributed by atoms with van der Waals surface area (Å²) in [5.41, 5.74) is 2.93. The van der Waals surface area contributed by atoms with Gasteiger partial charge in [-0.1, -0.05) is 42.5 Å². The highest BCUT2D eigenvalue weighted by atomic mass is 19.1. The van der Waals surface area contributed by atoms with E-state index in [0.717, 1.165) is 12.0 Å². The predicted octanol–water partition coefficient (Wildman–Crippen LogP) is 2.86. The zero-order valence-electron chi connectivity index (χ0n) is 15.0. The highest BCUT2D eigenvalue weighted by Crippen LogP contribution is 2.35. The second-order valence-electron chi connectivity index (χ2n) is 6.82. The van der Waals surface area contributed by atoms with Crippen LogP contribution < -0.4 is 5.32 Å². The van der Waals surface area contributed by atoms with Crippen molar-refractivity contribution in [3.05, 3.63) is 82.8 Å². The van der Waals surface area contributed by atoms with E-state index in [1.807, 2.05) is 30.3 Å². The average molecular weight is 365 g/mol. The van der Waals surface area contributed by atoms with Gasteiger partial charge < -0.3 is 10.2 Å². The van der Waals surface area contributed by atoms with Crippen LogP contribution in [0.2, 0.25) is 0 Å². The number of nitrogens with one attached hydrogen (secondary N) is 1. The molecule has 0 bridgehead atoms. The van der Waals surface area contributed by atoms with E-state index in [9.17, 15) is 14.0 Å². The molecular formula is C21H20FN3O2. The van der Waals surface area contributed by atoms with Crippen LogP contribution in [0.5, 0.6) is 0 Å². The Labute approximate surface area is 157 Å². The summed E-state index contributed by atoms with van der Waals surface area (Å²) in [4.78, 5) is 28.7. The van der Waals surface area contributed by atoms with Crippen molar-refractivity contribution in [1.29, 1.82) is 0 Å². The SMILES string of the molecule is CN1C(=O)N[C@@H](c2cccc(F)c2)C2=C1CN(CCc1ccccc1)C2=O. The number of nitrogens with zero attached hydrogens (tertiary/aromatic N) is 2. The lowest BCUT2D eigenvalue weighted by Gasteiger charge is -2.31. The van der Waals surface area contributed by atoms with E-state index in [1.54, 1.807) is 24.1 Å². The predicted molar refractivity (Wildman–Crippen MR) is 99.2 cm³/mol. The van der Waals surface area contributed by atoms with E-state index in [-0.39, 0.29) is 11.9 Å². The summed E-state index contributed by atoms with van der Waals surface area (Å²) in [5.74, 6) is -0.503. The minimum absolute atomic E-state index is 0.109. The Bertz CT molecular complexity index is 926. The lowest BCUT2D eigenvalue weighted by atomic mass is 9.95. The first kappa shape index (κ1) is 17.3. The number of carbonyl (C=O) groups excluding carboxylic acids is 2. The molecule has 2 heterocycles. The molecule has 0 radical (unpaired) electrons. The number of benzene rings is 2. The quantitative estimate of drug-likeness (QED) is 0.906. The van der Waals surface area contributed by atoms with Crippen LogP contribution >= 0.6 is 0 Å². The van der Waals surface area contributed by atoms with Gasteiger partial charge in [-0.25, -0.2) is 9.18 Å². The summed E-state index contributed by atoms with van der Waals surface area (Å²) in [6.45, 7) is 0.949. The Morgan fingerprint density at radius 2 is 1.89 bits per heavy atom. The van der Waals surface area contributed by atoms with E-state index in [0.29, 0.717) is 29.9 Å². The van der Waals surface area contributed by atoms with Gasteiger partial charge in [0.15, 0.2) is 0 Å². The molecule has 0 fully saturated rings. The minimum atomic E-state index is -0.631. The monoisotopic (exact) mass is 365 g/mol. The molecule has 0 aromatic heterocycles. The number of urea groups is 1. The fourth-order valence-electron chi connectivity index (χ4n) is 3.65. The standard InChI is InChI=1S/C21H20FN3O2/c1-24-17-13-25(11-10-14-6-3-2-4-7-14)20(26)18(17)19(23-21(24)27)15-8-5-9-16(22)12-15/h2-9,12,19H,10-11,13H2,1H3,(H,23,27)/t19-/m0/s1. The van der Waals surface area contributed by atoms with Gasteiger partial charge >= 0.3 is 6.03 Å². The van der Waals surface area contributed by atoms with Crippen LogP contribution in [0.4, 0.5) is 9.18 Å². The molecule has 0 saturated carbocycles. The Balaban J connectivity index is 1.60. The first-order valence-electron chi connectivity index (χ1n) is 8.90. The van der Waals surface area contributed by atoms with Crippen molar-refractivity contribution >= 4 is 11.9 Å². The number of carbonyl (C=O) groups is 2. The van der Waals surface area contributed by atoms with E-state index >= 15 is 0 Å². The van der Waals surface area contributed by atoms with Gasteiger partial charge in [0.1, 0.15) is 5.82 Å². The van der Waals surface area contributed by atoms with Crippen LogP contribution in [0.25, 0.3) is 0 Å². The van der Waals surface area contributed by atoms with Gasteiger partial charge in [0.2, 0.25) is 0 Å². The van der Waals surface area contributed by atoms with Crippen molar-refractivity contribution < 1.29 is 14.0 Å². The molecule has 4 rings (SSSR count). The molecule has 2 aromatic rings. The van der Waals surface area contributed by atoms with Gasteiger partial charge in [0.05, 0.1) is 23.9 Å². The van der Waals surface area contributed by atoms with E-state index in [2.05, 4.69) is 5.32 Å². The van der Waals surface area contributed by atoms with Crippen LogP contribution in [0.3, 0.4) is 0 Å². The first-order valence-corrected chi connectivity index (χ1v) is 8.90. The van der Waals surface area contributed by atoms with Crippen molar-refractivity contribution in [2.45, 2.75) is 12.5 Å². The van der Waals surface area contributed by atoms with Crippen LogP contribution in [0, 0.1) is 5.82 Å². The van der Waals surface area contributed by atoms with Crippen molar-refractivity contribution in [1.82, 2.24) is 15.1 Å². The second kappa shape index (κ2) is 6.87. The molecule has 6 heteroatoms. The van der Waals surface area contributed by atoms with Gasteiger partial charge in [-0.3, -0.25) is 9.69 Å². The summed E-state index contributed by atoms with van der Waals surface area (Å²) >= 11 is 0. The number of amides is 3. The Morgan fingerprint density at radius 1 is 1.11 bits per heavy atom. The topological polar surface area (TPSA) is 52.7 Å². The normalized spacial score (nSPS) is 19.4. The lowest BCUT2D eigenvalue weighted by Crippen LogP contribution is -2.45. The molecule has 2 aliphatic rings. The average Bonchev–Trinajstić information content (AvgIpc) is 3.01. The van der Waals surface area contributed by atoms with Crippen LogP contribution in [-0.4, -0.2) is 41.9 Å². The number of hydrogen-bond donors (Lipinski definition) is 1. The smallest absolute Gasteiger partial charge is 0.322 e. The van der Waals surface area contributed by atoms with Crippen molar-refractivity contribution in [2.75, 3.05) is 20.1 Å². The van der Waals surface area contributed by atoms with E-state index in [4.69, 9.17) is 0 Å². The maximum absolute atomic E-state index is 13.7. The Hall–Kier alpha value is -3.15. The minimum Gasteiger partial charge on any atom is -0.333 e. The molecule has 0 aliphatic carbocycles. The molecule has 0 unspecified atom stereocenters. The third-order valence-electron chi connectivity index (χ3n) is 5.13. The number of rotatable bonds is 4. The van der Waals surface area contributed by atoms with Gasteiger partial charge in [-0.05, 0) is 29.7 Å². The third-order valence-corrected chi connectivity index (χ3v) is 5.13. The molecule has 5 nitrogen and oxygen atoms in total. The summed E-state index contributed by atoms with van der Waals surface area (Å²) < 4.78 is 13.7. The number of likely N-dealkylation sites (N-methyl/N-ethyl adjacent to an activating group) is 1. The van der Waals surface area contributed by atoms with Crippen LogP contribution in [-0.2, 0) is 11.2 Å². The van der Waals surface area contributed by atoms with Crippen molar-refractivity contribution in [3.63, 3.8) is 0 Å². The van der Waals surface area contributed by atoms with Crippen LogP contribution in [0.15, 0.2) is 65.9 Å². The van der Waals surface area contributed by atoms with Gasteiger partial charge in [-0.15, -0.1) is 0 Å². The molecule has 0 spiro atoms. The van der Waals surface area contributed by atoms with Gasteiger partial charge in [0.25, 0.3) is 5.91 Å². The molecular weight excluding hydrogens is 345 g/mol. The molecule has 2 aliphatic heterocycles. The number of halogens is 1. The van der Waals surface area contributed by atoms with Gasteiger partial charge in [0, 0.05) is 13.6 Å². The first-order chi connectivity index (χ1) is 13.0. The maximum Gasteiger partial charge on any atom is 0.322 e. The summed E-state index contributed by atoms with van der Waals surface area (Å²) in [5, 5.41) is 2.82. The Morgan fingerprint density at radius 3 is 2.63 bits per heavy atom. The lowest BCUT2D eigenvalue weighted by molar-refractivity contribution is -0.125. The summed E-state index contributed by atoms with van der Waals surface area (Å²) in [6, 6.07) is 15.1. The molecule has 2 aromatic carbocycles. The molecule has 3 amide bonds. The fraction of sp³-hybridized carbons (Fsp3) is 0.238. The highest BCUT2D eigenvalue weighted by Gasteiger charge is 2.42. The van der Waals surface area contributed by atoms with E-state index in [1.165, 1.54) is 17.0 Å². The van der Waals surface area contributed by atoms with Gasteiger partial charge in [-0.2, -0.15) is 0 Å². The Kier molecular flexibility index (Phi) is 4.39. The third kappa shape index (κ3) is 3.18. The summed E-state index contributed by atoms with van der Waals surface area (Å²) in [7, 11) is 1.65. The maximum atomic E-state index is 13.7.